The van der Waals surface area contributed by atoms with Crippen molar-refractivity contribution in [1.29, 1.82) is 0 Å². The van der Waals surface area contributed by atoms with Gasteiger partial charge in [-0.05, 0) is 20.3 Å². The fourth-order valence-corrected chi connectivity index (χ4v) is 3.48. The molecule has 100 valence electrons. The molecule has 0 aromatic carbocycles. The molecule has 0 spiro atoms. The number of piperazine rings is 1. The van der Waals surface area contributed by atoms with Crippen LogP contribution in [0.4, 0.5) is 0 Å². The fourth-order valence-electron chi connectivity index (χ4n) is 1.90. The standard InChI is InChI=1S/C11H22N2O3S/c1-4-5-8-17(15,16)12-6-7-13(10(2)3)11(14)9-12/h10H,4-9H2,1-3H3. The van der Waals surface area contributed by atoms with Gasteiger partial charge in [0.1, 0.15) is 0 Å². The molecule has 1 fully saturated rings. The largest absolute Gasteiger partial charge is 0.338 e. The van der Waals surface area contributed by atoms with Crippen LogP contribution in [0, 0.1) is 0 Å². The molecule has 0 atom stereocenters. The van der Waals surface area contributed by atoms with Gasteiger partial charge in [0.05, 0.1) is 12.3 Å². The van der Waals surface area contributed by atoms with E-state index in [9.17, 15) is 13.2 Å². The lowest BCUT2D eigenvalue weighted by molar-refractivity contribution is -0.135. The topological polar surface area (TPSA) is 57.7 Å². The Kier molecular flexibility index (Phi) is 4.94. The lowest BCUT2D eigenvalue weighted by Gasteiger charge is -2.36. The zero-order valence-electron chi connectivity index (χ0n) is 10.8. The maximum absolute atomic E-state index is 11.9. The van der Waals surface area contributed by atoms with Gasteiger partial charge in [-0.15, -0.1) is 0 Å². The molecule has 0 aliphatic carbocycles. The van der Waals surface area contributed by atoms with Crippen molar-refractivity contribution in [3.8, 4) is 0 Å². The summed E-state index contributed by atoms with van der Waals surface area (Å²) in [7, 11) is -3.24. The van der Waals surface area contributed by atoms with Crippen LogP contribution < -0.4 is 0 Å². The summed E-state index contributed by atoms with van der Waals surface area (Å²) in [6, 6.07) is 0.142. The second-order valence-electron chi connectivity index (χ2n) is 4.68. The highest BCUT2D eigenvalue weighted by Gasteiger charge is 2.31. The van der Waals surface area contributed by atoms with Crippen LogP contribution in [0.5, 0.6) is 0 Å². The van der Waals surface area contributed by atoms with E-state index in [1.165, 1.54) is 4.31 Å². The maximum atomic E-state index is 11.9. The Balaban J connectivity index is 2.63. The van der Waals surface area contributed by atoms with Crippen molar-refractivity contribution >= 4 is 15.9 Å². The number of sulfonamides is 1. The van der Waals surface area contributed by atoms with Crippen LogP contribution in [0.3, 0.4) is 0 Å². The fraction of sp³-hybridized carbons (Fsp3) is 0.909. The molecular weight excluding hydrogens is 240 g/mol. The van der Waals surface area contributed by atoms with Crippen LogP contribution in [0.2, 0.25) is 0 Å². The minimum Gasteiger partial charge on any atom is -0.338 e. The Hall–Kier alpha value is -0.620. The summed E-state index contributed by atoms with van der Waals surface area (Å²) in [6.07, 6.45) is 1.50. The van der Waals surface area contributed by atoms with Crippen molar-refractivity contribution in [2.24, 2.45) is 0 Å². The van der Waals surface area contributed by atoms with E-state index >= 15 is 0 Å². The quantitative estimate of drug-likeness (QED) is 0.731. The highest BCUT2D eigenvalue weighted by molar-refractivity contribution is 7.89. The van der Waals surface area contributed by atoms with Gasteiger partial charge in [0.2, 0.25) is 15.9 Å². The minimum atomic E-state index is -3.24. The van der Waals surface area contributed by atoms with Crippen LogP contribution >= 0.6 is 0 Å². The van der Waals surface area contributed by atoms with Crippen LogP contribution in [0.1, 0.15) is 33.6 Å². The van der Waals surface area contributed by atoms with Gasteiger partial charge in [0.25, 0.3) is 0 Å². The van der Waals surface area contributed by atoms with E-state index in [2.05, 4.69) is 0 Å². The Morgan fingerprint density at radius 3 is 2.41 bits per heavy atom. The molecule has 0 aromatic heterocycles. The van der Waals surface area contributed by atoms with Gasteiger partial charge in [0, 0.05) is 19.1 Å². The summed E-state index contributed by atoms with van der Waals surface area (Å²) in [5, 5.41) is 0. The van der Waals surface area contributed by atoms with Crippen molar-refractivity contribution in [3.05, 3.63) is 0 Å². The maximum Gasteiger partial charge on any atom is 0.238 e. The number of rotatable bonds is 5. The molecular formula is C11H22N2O3S. The van der Waals surface area contributed by atoms with Crippen LogP contribution in [0.25, 0.3) is 0 Å². The first-order valence-electron chi connectivity index (χ1n) is 6.15. The molecule has 1 aliphatic heterocycles. The Morgan fingerprint density at radius 1 is 1.29 bits per heavy atom. The Bertz CT molecular complexity index is 365. The molecule has 1 heterocycles. The van der Waals surface area contributed by atoms with E-state index in [4.69, 9.17) is 0 Å². The van der Waals surface area contributed by atoms with Crippen molar-refractivity contribution in [2.45, 2.75) is 39.7 Å². The third kappa shape index (κ3) is 3.67. The molecule has 1 saturated heterocycles. The second-order valence-corrected chi connectivity index (χ2v) is 6.77. The van der Waals surface area contributed by atoms with Gasteiger partial charge < -0.3 is 4.90 Å². The smallest absolute Gasteiger partial charge is 0.238 e. The average molecular weight is 262 g/mol. The van der Waals surface area contributed by atoms with Crippen molar-refractivity contribution < 1.29 is 13.2 Å². The van der Waals surface area contributed by atoms with Crippen molar-refractivity contribution in [1.82, 2.24) is 9.21 Å². The average Bonchev–Trinajstić information content (AvgIpc) is 2.25. The third-order valence-electron chi connectivity index (χ3n) is 2.99. The highest BCUT2D eigenvalue weighted by Crippen LogP contribution is 2.12. The zero-order valence-corrected chi connectivity index (χ0v) is 11.7. The zero-order chi connectivity index (χ0) is 13.1. The van der Waals surface area contributed by atoms with Gasteiger partial charge in [0.15, 0.2) is 0 Å². The number of carbonyl (C=O) groups excluding carboxylic acids is 1. The van der Waals surface area contributed by atoms with Gasteiger partial charge in [-0.3, -0.25) is 4.79 Å². The van der Waals surface area contributed by atoms with Gasteiger partial charge in [-0.1, -0.05) is 13.3 Å². The van der Waals surface area contributed by atoms with E-state index in [1.54, 1.807) is 4.90 Å². The summed E-state index contributed by atoms with van der Waals surface area (Å²) in [5.74, 6) is 0.0599. The van der Waals surface area contributed by atoms with Crippen LogP contribution in [-0.2, 0) is 14.8 Å². The normalized spacial score (nSPS) is 19.1. The third-order valence-corrected chi connectivity index (χ3v) is 4.90. The number of amides is 1. The molecule has 6 heteroatoms. The summed E-state index contributed by atoms with van der Waals surface area (Å²) in [5.41, 5.74) is 0. The molecule has 0 unspecified atom stereocenters. The van der Waals surface area contributed by atoms with Crippen LogP contribution in [-0.4, -0.2) is 55.0 Å². The van der Waals surface area contributed by atoms with Crippen molar-refractivity contribution in [2.75, 3.05) is 25.4 Å². The number of carbonyl (C=O) groups is 1. The minimum absolute atomic E-state index is 0.00419. The van der Waals surface area contributed by atoms with E-state index in [0.29, 0.717) is 19.5 Å². The first-order chi connectivity index (χ1) is 7.88. The summed E-state index contributed by atoms with van der Waals surface area (Å²) >= 11 is 0. The number of nitrogens with zero attached hydrogens (tertiary/aromatic N) is 2. The van der Waals surface area contributed by atoms with Gasteiger partial charge >= 0.3 is 0 Å². The summed E-state index contributed by atoms with van der Waals surface area (Å²) < 4.78 is 25.2. The van der Waals surface area contributed by atoms with Crippen LogP contribution in [0.15, 0.2) is 0 Å². The molecule has 1 amide bonds. The lowest BCUT2D eigenvalue weighted by atomic mass is 10.2. The van der Waals surface area contributed by atoms with Gasteiger partial charge in [-0.25, -0.2) is 8.42 Å². The Labute approximate surface area is 104 Å². The molecule has 1 aliphatic rings. The molecule has 1 rings (SSSR count). The second kappa shape index (κ2) is 5.82. The molecule has 0 bridgehead atoms. The predicted octanol–water partition coefficient (Wildman–Crippen LogP) is 0.669. The number of hydrogen-bond acceptors (Lipinski definition) is 3. The van der Waals surface area contributed by atoms with Crippen molar-refractivity contribution in [3.63, 3.8) is 0 Å². The van der Waals surface area contributed by atoms with E-state index in [0.717, 1.165) is 6.42 Å². The molecule has 17 heavy (non-hydrogen) atoms. The summed E-state index contributed by atoms with van der Waals surface area (Å²) in [4.78, 5) is 13.5. The monoisotopic (exact) mass is 262 g/mol. The summed E-state index contributed by atoms with van der Waals surface area (Å²) in [6.45, 7) is 6.78. The molecule has 0 N–H and O–H groups in total. The SMILES string of the molecule is CCCCS(=O)(=O)N1CCN(C(C)C)C(=O)C1. The molecule has 0 saturated carbocycles. The molecule has 5 nitrogen and oxygen atoms in total. The van der Waals surface area contributed by atoms with E-state index in [-0.39, 0.29) is 24.2 Å². The molecule has 0 radical (unpaired) electrons. The predicted molar refractivity (Wildman–Crippen MR) is 67.1 cm³/mol. The van der Waals surface area contributed by atoms with Gasteiger partial charge in [-0.2, -0.15) is 4.31 Å². The number of unbranched alkanes of at least 4 members (excludes halogenated alkanes) is 1. The Morgan fingerprint density at radius 2 is 1.94 bits per heavy atom. The molecule has 0 aromatic rings. The van der Waals surface area contributed by atoms with E-state index in [1.807, 2.05) is 20.8 Å². The lowest BCUT2D eigenvalue weighted by Crippen LogP contribution is -2.54. The first-order valence-corrected chi connectivity index (χ1v) is 7.76. The highest BCUT2D eigenvalue weighted by atomic mass is 32.2. The van der Waals surface area contributed by atoms with E-state index < -0.39 is 10.0 Å². The first kappa shape index (κ1) is 14.4. The number of hydrogen-bond donors (Lipinski definition) is 0.